The summed E-state index contributed by atoms with van der Waals surface area (Å²) in [7, 11) is 0. The highest BCUT2D eigenvalue weighted by atomic mass is 79.9. The lowest BCUT2D eigenvalue weighted by Crippen LogP contribution is -2.31. The summed E-state index contributed by atoms with van der Waals surface area (Å²) in [4.78, 5) is 10.1. The molecule has 1 fully saturated rings. The molecule has 0 spiro atoms. The van der Waals surface area contributed by atoms with Crippen molar-refractivity contribution >= 4 is 33.9 Å². The summed E-state index contributed by atoms with van der Waals surface area (Å²) < 4.78 is 14.9. The zero-order valence-electron chi connectivity index (χ0n) is 14.5. The van der Waals surface area contributed by atoms with Crippen LogP contribution in [-0.2, 0) is 0 Å². The van der Waals surface area contributed by atoms with E-state index in [0.29, 0.717) is 17.8 Å². The van der Waals surface area contributed by atoms with Crippen LogP contribution in [0.3, 0.4) is 0 Å². The molecule has 0 amide bonds. The van der Waals surface area contributed by atoms with Crippen LogP contribution in [0.25, 0.3) is 0 Å². The maximum absolute atomic E-state index is 14.1. The maximum Gasteiger partial charge on any atom is 0.245 e. The largest absolute Gasteiger partial charge is 0.511 e. The highest BCUT2D eigenvalue weighted by Gasteiger charge is 2.17. The molecule has 8 heteroatoms. The predicted octanol–water partition coefficient (Wildman–Crippen LogP) is 4.44. The van der Waals surface area contributed by atoms with Crippen LogP contribution in [0.1, 0.15) is 32.6 Å². The lowest BCUT2D eigenvalue weighted by Gasteiger charge is -2.27. The monoisotopic (exact) mass is 421 g/mol. The molecule has 3 rings (SSSR count). The highest BCUT2D eigenvalue weighted by Crippen LogP contribution is 2.24. The Kier molecular flexibility index (Phi) is 6.03. The van der Waals surface area contributed by atoms with Gasteiger partial charge in [-0.25, -0.2) is 14.8 Å². The SMILES string of the molecule is CC1=CC(Br)=CC(/C=N/Nc2ncc(F)c(N3CCCCC3)n2)=C(O)C1. The van der Waals surface area contributed by atoms with Gasteiger partial charge in [-0.2, -0.15) is 10.1 Å². The molecule has 0 radical (unpaired) electrons. The highest BCUT2D eigenvalue weighted by molar-refractivity contribution is 9.11. The predicted molar refractivity (Wildman–Crippen MR) is 105 cm³/mol. The molecule has 0 atom stereocenters. The molecule has 1 saturated heterocycles. The van der Waals surface area contributed by atoms with Gasteiger partial charge in [0.1, 0.15) is 5.76 Å². The molecule has 2 aliphatic rings. The Morgan fingerprint density at radius 3 is 2.85 bits per heavy atom. The van der Waals surface area contributed by atoms with Gasteiger partial charge in [0.05, 0.1) is 12.4 Å². The van der Waals surface area contributed by atoms with Crippen LogP contribution in [0.5, 0.6) is 0 Å². The number of aromatic nitrogens is 2. The third-order valence-electron chi connectivity index (χ3n) is 4.21. The third-order valence-corrected chi connectivity index (χ3v) is 4.66. The number of piperidine rings is 1. The Morgan fingerprint density at radius 2 is 2.08 bits per heavy atom. The van der Waals surface area contributed by atoms with Crippen LogP contribution in [0.15, 0.2) is 44.8 Å². The van der Waals surface area contributed by atoms with Gasteiger partial charge in [-0.05, 0) is 38.3 Å². The summed E-state index contributed by atoms with van der Waals surface area (Å²) >= 11 is 3.43. The molecule has 1 aliphatic carbocycles. The van der Waals surface area contributed by atoms with Gasteiger partial charge in [-0.3, -0.25) is 0 Å². The molecule has 0 unspecified atom stereocenters. The van der Waals surface area contributed by atoms with Gasteiger partial charge in [0.2, 0.25) is 5.95 Å². The number of aliphatic hydroxyl groups excluding tert-OH is 1. The van der Waals surface area contributed by atoms with Crippen molar-refractivity contribution in [1.29, 1.82) is 0 Å². The minimum absolute atomic E-state index is 0.217. The van der Waals surface area contributed by atoms with E-state index in [1.165, 1.54) is 6.21 Å². The zero-order valence-corrected chi connectivity index (χ0v) is 16.1. The summed E-state index contributed by atoms with van der Waals surface area (Å²) in [6, 6.07) is 0. The molecule has 0 saturated carbocycles. The van der Waals surface area contributed by atoms with E-state index in [0.717, 1.165) is 48.6 Å². The van der Waals surface area contributed by atoms with E-state index in [2.05, 4.69) is 36.4 Å². The first-order valence-electron chi connectivity index (χ1n) is 8.56. The fourth-order valence-corrected chi connectivity index (χ4v) is 3.57. The third kappa shape index (κ3) is 4.69. The van der Waals surface area contributed by atoms with E-state index >= 15 is 0 Å². The number of aliphatic hydroxyl groups is 1. The molecular formula is C18H21BrFN5O. The van der Waals surface area contributed by atoms with E-state index in [9.17, 15) is 9.50 Å². The number of allylic oxidation sites excluding steroid dienone is 5. The lowest BCUT2D eigenvalue weighted by molar-refractivity contribution is 0.396. The summed E-state index contributed by atoms with van der Waals surface area (Å²) in [5.41, 5.74) is 4.33. The first kappa shape index (κ1) is 18.6. The molecule has 1 aromatic heterocycles. The fourth-order valence-electron chi connectivity index (χ4n) is 2.94. The van der Waals surface area contributed by atoms with Gasteiger partial charge in [-0.15, -0.1) is 0 Å². The van der Waals surface area contributed by atoms with Crippen molar-refractivity contribution < 1.29 is 9.50 Å². The summed E-state index contributed by atoms with van der Waals surface area (Å²) in [5.74, 6) is 0.317. The van der Waals surface area contributed by atoms with E-state index in [1.54, 1.807) is 6.08 Å². The molecule has 0 bridgehead atoms. The molecule has 1 aliphatic heterocycles. The van der Waals surface area contributed by atoms with Gasteiger partial charge in [0.25, 0.3) is 0 Å². The van der Waals surface area contributed by atoms with Gasteiger partial charge in [0, 0.05) is 29.6 Å². The number of halogens is 2. The normalized spacial score (nSPS) is 18.7. The Bertz CT molecular complexity index is 797. The second kappa shape index (κ2) is 8.44. The van der Waals surface area contributed by atoms with E-state index in [1.807, 2.05) is 17.9 Å². The van der Waals surface area contributed by atoms with Crippen LogP contribution < -0.4 is 10.3 Å². The molecule has 26 heavy (non-hydrogen) atoms. The van der Waals surface area contributed by atoms with Gasteiger partial charge >= 0.3 is 0 Å². The van der Waals surface area contributed by atoms with Crippen molar-refractivity contribution in [1.82, 2.24) is 9.97 Å². The second-order valence-electron chi connectivity index (χ2n) is 6.38. The van der Waals surface area contributed by atoms with Crippen LogP contribution in [0.2, 0.25) is 0 Å². The zero-order chi connectivity index (χ0) is 18.5. The number of rotatable bonds is 4. The smallest absolute Gasteiger partial charge is 0.245 e. The maximum atomic E-state index is 14.1. The van der Waals surface area contributed by atoms with Crippen LogP contribution in [0.4, 0.5) is 16.2 Å². The van der Waals surface area contributed by atoms with E-state index in [4.69, 9.17) is 0 Å². The van der Waals surface area contributed by atoms with Crippen molar-refractivity contribution in [3.63, 3.8) is 0 Å². The Balaban J connectivity index is 1.72. The van der Waals surface area contributed by atoms with Crippen LogP contribution >= 0.6 is 15.9 Å². The fraction of sp³-hybridized carbons (Fsp3) is 0.389. The summed E-state index contributed by atoms with van der Waals surface area (Å²) in [6.07, 6.45) is 10.1. The Labute approximate surface area is 160 Å². The quantitative estimate of drug-likeness (QED) is 0.554. The number of hydrazone groups is 1. The summed E-state index contributed by atoms with van der Waals surface area (Å²) in [5, 5.41) is 14.2. The van der Waals surface area contributed by atoms with Crippen molar-refractivity contribution in [2.45, 2.75) is 32.6 Å². The Morgan fingerprint density at radius 1 is 1.31 bits per heavy atom. The summed E-state index contributed by atoms with van der Waals surface area (Å²) in [6.45, 7) is 3.53. The van der Waals surface area contributed by atoms with Crippen molar-refractivity contribution in [2.24, 2.45) is 5.10 Å². The molecule has 0 aromatic carbocycles. The molecular weight excluding hydrogens is 401 g/mol. The molecule has 1 aromatic rings. The molecule has 138 valence electrons. The second-order valence-corrected chi connectivity index (χ2v) is 7.30. The van der Waals surface area contributed by atoms with Gasteiger partial charge in [-0.1, -0.05) is 21.5 Å². The first-order valence-corrected chi connectivity index (χ1v) is 9.35. The topological polar surface area (TPSA) is 73.6 Å². The first-order chi connectivity index (χ1) is 12.5. The number of nitrogens with zero attached hydrogens (tertiary/aromatic N) is 4. The van der Waals surface area contributed by atoms with Crippen LogP contribution in [-0.4, -0.2) is 34.4 Å². The average Bonchev–Trinajstić information content (AvgIpc) is 2.74. The van der Waals surface area contributed by atoms with Crippen molar-refractivity contribution in [3.05, 3.63) is 45.6 Å². The number of hydrogen-bond acceptors (Lipinski definition) is 6. The van der Waals surface area contributed by atoms with E-state index < -0.39 is 5.82 Å². The molecule has 6 nitrogen and oxygen atoms in total. The van der Waals surface area contributed by atoms with Gasteiger partial charge in [0.15, 0.2) is 11.6 Å². The average molecular weight is 422 g/mol. The number of nitrogens with one attached hydrogen (secondary N) is 1. The van der Waals surface area contributed by atoms with Gasteiger partial charge < -0.3 is 10.0 Å². The standard InChI is InChI=1S/C18H21BrFN5O/c1-12-7-14(19)9-13(16(26)8-12)10-22-24-18-21-11-15(20)17(23-18)25-5-3-2-4-6-25/h7,9-11,26H,2-6,8H2,1H3,(H,21,23,24)/b22-10+. The number of hydrogen-bond donors (Lipinski definition) is 2. The minimum Gasteiger partial charge on any atom is -0.511 e. The van der Waals surface area contributed by atoms with Crippen molar-refractivity contribution in [2.75, 3.05) is 23.4 Å². The van der Waals surface area contributed by atoms with Crippen LogP contribution in [0, 0.1) is 5.82 Å². The Hall–Kier alpha value is -2.22. The molecule has 2 N–H and O–H groups in total. The minimum atomic E-state index is -0.432. The van der Waals surface area contributed by atoms with E-state index in [-0.39, 0.29) is 11.7 Å². The lowest BCUT2D eigenvalue weighted by atomic mass is 10.1. The molecule has 2 heterocycles. The van der Waals surface area contributed by atoms with Crippen molar-refractivity contribution in [3.8, 4) is 0 Å². The number of anilines is 2.